The van der Waals surface area contributed by atoms with Gasteiger partial charge in [-0.1, -0.05) is 283 Å². The minimum absolute atomic E-state index is 0.0747. The molecular formula is C87H148O17P2. The summed E-state index contributed by atoms with van der Waals surface area (Å²) in [6, 6.07) is 0. The van der Waals surface area contributed by atoms with Crippen LogP contribution >= 0.6 is 15.6 Å². The number of carbonyl (C=O) groups excluding carboxylic acids is 4. The second kappa shape index (κ2) is 78.3. The van der Waals surface area contributed by atoms with Crippen LogP contribution in [0.15, 0.2) is 134 Å². The molecule has 0 saturated carbocycles. The number of phosphoric ester groups is 2. The van der Waals surface area contributed by atoms with Crippen LogP contribution in [-0.2, 0) is 65.4 Å². The normalized spacial score (nSPS) is 14.5. The molecule has 0 aromatic rings. The maximum absolute atomic E-state index is 13.1. The average molecular weight is 1530 g/mol. The predicted octanol–water partition coefficient (Wildman–Crippen LogP) is 24.4. The SMILES string of the molecule is CC/C=C\C/C=C\C/C=C\C/C=C\CCCCCCC(=O)OCC(COP(=O)(O)OCC(O)COP(=O)(O)OCC(COC(=O)CCCCCCCC/C=C\C/C=C\C/C=C\CCCCC)OC(=O)CCCCCCC/C=C\CCCCCC)OC(=O)CCCCCCCCC/C=C\C/C=C\C/C=C\CC. The third kappa shape index (κ3) is 77.4. The molecule has 0 aliphatic carbocycles. The molecule has 106 heavy (non-hydrogen) atoms. The number of hydrogen-bond acceptors (Lipinski definition) is 15. The van der Waals surface area contributed by atoms with Crippen molar-refractivity contribution in [3.05, 3.63) is 134 Å². The number of allylic oxidation sites excluding steroid dienone is 22. The molecule has 0 aromatic carbocycles. The van der Waals surface area contributed by atoms with Crippen molar-refractivity contribution in [1.29, 1.82) is 0 Å². The highest BCUT2D eigenvalue weighted by molar-refractivity contribution is 7.47. The number of carbonyl (C=O) groups is 4. The van der Waals surface area contributed by atoms with Crippen LogP contribution in [0.25, 0.3) is 0 Å². The largest absolute Gasteiger partial charge is 0.472 e. The number of hydrogen-bond donors (Lipinski definition) is 3. The van der Waals surface area contributed by atoms with Crippen molar-refractivity contribution in [1.82, 2.24) is 0 Å². The summed E-state index contributed by atoms with van der Waals surface area (Å²) in [5, 5.41) is 10.7. The summed E-state index contributed by atoms with van der Waals surface area (Å²) in [4.78, 5) is 73.1. The Balaban J connectivity index is 5.39. The summed E-state index contributed by atoms with van der Waals surface area (Å²) in [5.74, 6) is -2.23. The van der Waals surface area contributed by atoms with Crippen molar-refractivity contribution in [3.8, 4) is 0 Å². The van der Waals surface area contributed by atoms with E-state index in [2.05, 4.69) is 161 Å². The summed E-state index contributed by atoms with van der Waals surface area (Å²) < 4.78 is 68.7. The first kappa shape index (κ1) is 101. The number of aliphatic hydroxyl groups excluding tert-OH is 1. The monoisotopic (exact) mass is 1530 g/mol. The van der Waals surface area contributed by atoms with Crippen molar-refractivity contribution in [2.75, 3.05) is 39.6 Å². The molecule has 0 rings (SSSR count). The highest BCUT2D eigenvalue weighted by atomic mass is 31.2. The molecule has 0 amide bonds. The highest BCUT2D eigenvalue weighted by Crippen LogP contribution is 2.45. The molecule has 0 spiro atoms. The summed E-state index contributed by atoms with van der Waals surface area (Å²) >= 11 is 0. The lowest BCUT2D eigenvalue weighted by Gasteiger charge is -2.21. The molecular weight excluding hydrogens is 1380 g/mol. The summed E-state index contributed by atoms with van der Waals surface area (Å²) in [7, 11) is -9.98. The molecule has 0 heterocycles. The fraction of sp³-hybridized carbons (Fsp3) is 0.701. The van der Waals surface area contributed by atoms with E-state index in [9.17, 15) is 43.2 Å². The van der Waals surface area contributed by atoms with E-state index in [0.29, 0.717) is 25.7 Å². The molecule has 0 aromatic heterocycles. The minimum Gasteiger partial charge on any atom is -0.462 e. The zero-order valence-corrected chi connectivity index (χ0v) is 68.4. The van der Waals surface area contributed by atoms with Crippen LogP contribution in [0.1, 0.15) is 336 Å². The Morgan fingerprint density at radius 2 is 0.491 bits per heavy atom. The molecule has 0 radical (unpaired) electrons. The van der Waals surface area contributed by atoms with E-state index in [1.54, 1.807) is 0 Å². The smallest absolute Gasteiger partial charge is 0.462 e. The number of aliphatic hydroxyl groups is 1. The van der Waals surface area contributed by atoms with E-state index in [4.69, 9.17) is 37.0 Å². The minimum atomic E-state index is -4.99. The van der Waals surface area contributed by atoms with Gasteiger partial charge in [0.2, 0.25) is 0 Å². The topological polar surface area (TPSA) is 237 Å². The predicted molar refractivity (Wildman–Crippen MR) is 436 cm³/mol. The maximum atomic E-state index is 13.1. The van der Waals surface area contributed by atoms with E-state index in [0.717, 1.165) is 212 Å². The van der Waals surface area contributed by atoms with Crippen LogP contribution in [0, 0.1) is 0 Å². The van der Waals surface area contributed by atoms with Crippen LogP contribution in [0.3, 0.4) is 0 Å². The van der Waals surface area contributed by atoms with Crippen LogP contribution < -0.4 is 0 Å². The van der Waals surface area contributed by atoms with Gasteiger partial charge in [0.25, 0.3) is 0 Å². The van der Waals surface area contributed by atoms with Crippen LogP contribution in [0.2, 0.25) is 0 Å². The molecule has 19 heteroatoms. The van der Waals surface area contributed by atoms with Gasteiger partial charge in [-0.25, -0.2) is 9.13 Å². The van der Waals surface area contributed by atoms with Crippen molar-refractivity contribution in [2.24, 2.45) is 0 Å². The zero-order valence-electron chi connectivity index (χ0n) is 66.6. The lowest BCUT2D eigenvalue weighted by atomic mass is 10.1. The first-order valence-corrected chi connectivity index (χ1v) is 44.4. The Labute approximate surface area is 644 Å². The molecule has 0 saturated heterocycles. The highest BCUT2D eigenvalue weighted by Gasteiger charge is 2.30. The number of esters is 4. The Hall–Kier alpha value is -4.80. The number of ether oxygens (including phenoxy) is 4. The third-order valence-corrected chi connectivity index (χ3v) is 19.0. The molecule has 0 aliphatic heterocycles. The fourth-order valence-electron chi connectivity index (χ4n) is 10.8. The molecule has 0 aliphatic rings. The van der Waals surface area contributed by atoms with Gasteiger partial charge in [0.05, 0.1) is 26.4 Å². The van der Waals surface area contributed by atoms with E-state index in [1.165, 1.54) is 44.9 Å². The van der Waals surface area contributed by atoms with Gasteiger partial charge in [0, 0.05) is 25.7 Å². The third-order valence-electron chi connectivity index (χ3n) is 17.1. The van der Waals surface area contributed by atoms with Gasteiger partial charge in [-0.3, -0.25) is 37.3 Å². The van der Waals surface area contributed by atoms with Gasteiger partial charge in [-0.05, 0) is 161 Å². The maximum Gasteiger partial charge on any atom is 0.472 e. The molecule has 5 unspecified atom stereocenters. The molecule has 608 valence electrons. The lowest BCUT2D eigenvalue weighted by Crippen LogP contribution is -2.30. The molecule has 17 nitrogen and oxygen atoms in total. The second-order valence-electron chi connectivity index (χ2n) is 27.3. The van der Waals surface area contributed by atoms with Gasteiger partial charge in [-0.2, -0.15) is 0 Å². The Morgan fingerprint density at radius 1 is 0.274 bits per heavy atom. The van der Waals surface area contributed by atoms with Crippen molar-refractivity contribution < 1.29 is 80.2 Å². The summed E-state index contributed by atoms with van der Waals surface area (Å²) in [5.41, 5.74) is 0. The average Bonchev–Trinajstić information content (AvgIpc) is 0.902. The van der Waals surface area contributed by atoms with Gasteiger partial charge in [0.15, 0.2) is 12.2 Å². The molecule has 5 atom stereocenters. The number of rotatable bonds is 77. The summed E-state index contributed by atoms with van der Waals surface area (Å²) in [6.45, 7) is 4.58. The van der Waals surface area contributed by atoms with Crippen LogP contribution in [0.5, 0.6) is 0 Å². The number of phosphoric acid groups is 2. The Bertz CT molecular complexity index is 2530. The first-order valence-electron chi connectivity index (χ1n) is 41.4. The van der Waals surface area contributed by atoms with E-state index < -0.39 is 97.5 Å². The Morgan fingerprint density at radius 3 is 0.783 bits per heavy atom. The van der Waals surface area contributed by atoms with Gasteiger partial charge >= 0.3 is 39.5 Å². The Kier molecular flexibility index (Phi) is 74.8. The van der Waals surface area contributed by atoms with Crippen LogP contribution in [0.4, 0.5) is 0 Å². The van der Waals surface area contributed by atoms with Crippen molar-refractivity contribution >= 4 is 39.5 Å². The van der Waals surface area contributed by atoms with E-state index in [-0.39, 0.29) is 25.7 Å². The van der Waals surface area contributed by atoms with E-state index in [1.807, 2.05) is 0 Å². The molecule has 3 N–H and O–H groups in total. The molecule has 0 bridgehead atoms. The zero-order chi connectivity index (χ0) is 77.4. The van der Waals surface area contributed by atoms with E-state index >= 15 is 0 Å². The second-order valence-corrected chi connectivity index (χ2v) is 30.2. The van der Waals surface area contributed by atoms with Gasteiger partial charge < -0.3 is 33.8 Å². The lowest BCUT2D eigenvalue weighted by molar-refractivity contribution is -0.161. The van der Waals surface area contributed by atoms with Crippen molar-refractivity contribution in [3.63, 3.8) is 0 Å². The quantitative estimate of drug-likeness (QED) is 0.0169. The standard InChI is InChI=1S/C87H148O17P2/c1-5-9-13-17-21-25-29-33-36-39-40-43-45-49-52-56-60-64-68-72-85(90)97-77-82(103-86(91)73-69-65-61-57-53-47-32-28-24-20-16-12-8-4)79-101-105(93,94)99-75-81(88)76-100-106(95,96)102-80-83(104-87(92)74-70-66-62-58-54-50-46-42-38-35-31-27-23-19-15-11-7-3)78-98-84(89)71-67-63-59-55-51-48-44-41-37-34-30-26-22-18-14-10-6-2/h10-11,14-15,21-23,25-28,32-38,40,43-44,48,81-83,88H,5-9,12-13,16-20,24,29-31,39,41-42,45-47,49-80H2,1-4H3,(H,93,94)(H,95,96)/b14-10-,15-11-,25-21-,26-22-,27-23-,32-28-,36-33-,37-34-,38-35-,43-40-,48-44-. The first-order chi connectivity index (χ1) is 51.7. The fourth-order valence-corrected chi connectivity index (χ4v) is 12.4. The molecule has 0 fully saturated rings. The van der Waals surface area contributed by atoms with Gasteiger partial charge in [0.1, 0.15) is 19.3 Å². The van der Waals surface area contributed by atoms with Crippen LogP contribution in [-0.4, -0.2) is 96.7 Å². The van der Waals surface area contributed by atoms with Crippen molar-refractivity contribution in [2.45, 2.75) is 354 Å². The van der Waals surface area contributed by atoms with Gasteiger partial charge in [-0.15, -0.1) is 0 Å². The summed E-state index contributed by atoms with van der Waals surface area (Å²) in [6.07, 6.45) is 88.4. The number of unbranched alkanes of at least 4 members (excludes halogenated alkanes) is 29.